The van der Waals surface area contributed by atoms with E-state index in [0.29, 0.717) is 6.04 Å². The van der Waals surface area contributed by atoms with E-state index >= 15 is 0 Å². The van der Waals surface area contributed by atoms with Gasteiger partial charge in [0.1, 0.15) is 0 Å². The third-order valence-corrected chi connectivity index (χ3v) is 7.13. The van der Waals surface area contributed by atoms with Crippen LogP contribution in [0.1, 0.15) is 28.8 Å². The minimum atomic E-state index is -1.82. The average Bonchev–Trinajstić information content (AvgIpc) is 2.94. The summed E-state index contributed by atoms with van der Waals surface area (Å²) in [6.07, 6.45) is 2.45. The maximum Gasteiger partial charge on any atom is 0.414 e. The third-order valence-electron chi connectivity index (χ3n) is 7.13. The maximum absolute atomic E-state index is 13.2. The van der Waals surface area contributed by atoms with E-state index in [1.54, 1.807) is 0 Å². The molecule has 0 saturated carbocycles. The van der Waals surface area contributed by atoms with Gasteiger partial charge < -0.3 is 15.1 Å². The number of carbonyl (C=O) groups excluding carboxylic acids is 1. The van der Waals surface area contributed by atoms with Gasteiger partial charge >= 0.3 is 11.9 Å². The molecule has 0 atom stereocenters. The fourth-order valence-electron chi connectivity index (χ4n) is 5.16. The SMILES string of the molecule is O=C(O)C(=O)O.O=C(c1cccc2ccccc12)N1CCN(C2CCN(Cc3ccccc3)CC2)CC1. The molecule has 0 bridgehead atoms. The predicted molar refractivity (Wildman–Crippen MR) is 141 cm³/mol. The van der Waals surface area contributed by atoms with Crippen LogP contribution in [0.25, 0.3) is 10.8 Å². The molecule has 2 aliphatic rings. The highest BCUT2D eigenvalue weighted by atomic mass is 16.4. The number of carbonyl (C=O) groups is 3. The summed E-state index contributed by atoms with van der Waals surface area (Å²) in [5.74, 6) is -3.47. The molecule has 3 aromatic rings. The number of rotatable bonds is 4. The molecule has 0 aromatic heterocycles. The molecule has 0 radical (unpaired) electrons. The molecule has 2 N–H and O–H groups in total. The molecule has 2 heterocycles. The van der Waals surface area contributed by atoms with Gasteiger partial charge in [0.05, 0.1) is 0 Å². The molecular weight excluding hydrogens is 470 g/mol. The molecule has 0 spiro atoms. The summed E-state index contributed by atoms with van der Waals surface area (Å²) in [6, 6.07) is 25.7. The fraction of sp³-hybridized carbons (Fsp3) is 0.345. The zero-order valence-corrected chi connectivity index (χ0v) is 20.8. The lowest BCUT2D eigenvalue weighted by Gasteiger charge is -2.42. The lowest BCUT2D eigenvalue weighted by Crippen LogP contribution is -2.54. The number of likely N-dealkylation sites (tertiary alicyclic amines) is 1. The first-order valence-corrected chi connectivity index (χ1v) is 12.7. The summed E-state index contributed by atoms with van der Waals surface area (Å²) in [6.45, 7) is 7.00. The normalized spacial score (nSPS) is 17.1. The quantitative estimate of drug-likeness (QED) is 0.526. The number of piperazine rings is 1. The van der Waals surface area contributed by atoms with Gasteiger partial charge in [0.15, 0.2) is 0 Å². The van der Waals surface area contributed by atoms with E-state index in [0.717, 1.165) is 62.1 Å². The van der Waals surface area contributed by atoms with E-state index < -0.39 is 11.9 Å². The zero-order chi connectivity index (χ0) is 26.2. The van der Waals surface area contributed by atoms with E-state index in [-0.39, 0.29) is 5.91 Å². The van der Waals surface area contributed by atoms with Crippen molar-refractivity contribution in [1.82, 2.24) is 14.7 Å². The van der Waals surface area contributed by atoms with Gasteiger partial charge in [-0.1, -0.05) is 66.7 Å². The van der Waals surface area contributed by atoms with Gasteiger partial charge in [-0.05, 0) is 48.3 Å². The van der Waals surface area contributed by atoms with Crippen molar-refractivity contribution < 1.29 is 24.6 Å². The van der Waals surface area contributed by atoms with Crippen molar-refractivity contribution in [2.45, 2.75) is 25.4 Å². The second-order valence-electron chi connectivity index (χ2n) is 9.46. The second-order valence-corrected chi connectivity index (χ2v) is 9.46. The van der Waals surface area contributed by atoms with E-state index in [4.69, 9.17) is 19.8 Å². The topological polar surface area (TPSA) is 101 Å². The number of hydrogen-bond donors (Lipinski definition) is 2. The molecule has 1 amide bonds. The van der Waals surface area contributed by atoms with E-state index in [1.165, 1.54) is 18.4 Å². The molecule has 3 aromatic carbocycles. The molecule has 2 aliphatic heterocycles. The number of aliphatic carboxylic acids is 2. The largest absolute Gasteiger partial charge is 0.473 e. The molecule has 2 saturated heterocycles. The van der Waals surface area contributed by atoms with Crippen LogP contribution in [0.4, 0.5) is 0 Å². The van der Waals surface area contributed by atoms with Crippen molar-refractivity contribution in [3.63, 3.8) is 0 Å². The van der Waals surface area contributed by atoms with Crippen LogP contribution in [0, 0.1) is 0 Å². The van der Waals surface area contributed by atoms with Crippen LogP contribution >= 0.6 is 0 Å². The average molecular weight is 504 g/mol. The van der Waals surface area contributed by atoms with Crippen molar-refractivity contribution in [3.05, 3.63) is 83.9 Å². The summed E-state index contributed by atoms with van der Waals surface area (Å²) in [5, 5.41) is 17.0. The van der Waals surface area contributed by atoms with Crippen molar-refractivity contribution in [2.24, 2.45) is 0 Å². The molecule has 37 heavy (non-hydrogen) atoms. The molecule has 0 unspecified atom stereocenters. The Kier molecular flexibility index (Phi) is 8.87. The van der Waals surface area contributed by atoms with E-state index in [9.17, 15) is 4.79 Å². The number of fused-ring (bicyclic) bond motifs is 1. The smallest absolute Gasteiger partial charge is 0.414 e. The Morgan fingerprint density at radius 2 is 1.30 bits per heavy atom. The van der Waals surface area contributed by atoms with Crippen LogP contribution < -0.4 is 0 Å². The Balaban J connectivity index is 0.000000480. The van der Waals surface area contributed by atoms with Crippen LogP contribution in [0.2, 0.25) is 0 Å². The molecule has 5 rings (SSSR count). The lowest BCUT2D eigenvalue weighted by molar-refractivity contribution is -0.159. The first-order valence-electron chi connectivity index (χ1n) is 12.7. The number of carboxylic acids is 2. The van der Waals surface area contributed by atoms with Crippen molar-refractivity contribution in [3.8, 4) is 0 Å². The zero-order valence-electron chi connectivity index (χ0n) is 20.8. The first-order chi connectivity index (χ1) is 17.9. The molecule has 8 heteroatoms. The number of piperidine rings is 1. The standard InChI is InChI=1S/C27H31N3O.C2H2O4/c31-27(26-12-6-10-23-9-4-5-11-25(23)26)30-19-17-29(18-20-30)24-13-15-28(16-14-24)21-22-7-2-1-3-8-22;3-1(4)2(5)6/h1-12,24H,13-21H2;(H,3,4)(H,5,6). The van der Waals surface area contributed by atoms with Gasteiger partial charge in [-0.2, -0.15) is 0 Å². The minimum absolute atomic E-state index is 0.175. The molecular formula is C29H33N3O5. The Bertz CT molecular complexity index is 1200. The highest BCUT2D eigenvalue weighted by Crippen LogP contribution is 2.23. The molecule has 8 nitrogen and oxygen atoms in total. The first kappa shape index (κ1) is 26.3. The monoisotopic (exact) mass is 503 g/mol. The number of nitrogens with zero attached hydrogens (tertiary/aromatic N) is 3. The Hall–Kier alpha value is -3.75. The van der Waals surface area contributed by atoms with Crippen LogP contribution in [-0.4, -0.2) is 88.1 Å². The van der Waals surface area contributed by atoms with Crippen LogP contribution in [0.5, 0.6) is 0 Å². The van der Waals surface area contributed by atoms with Gasteiger partial charge in [-0.25, -0.2) is 9.59 Å². The fourth-order valence-corrected chi connectivity index (χ4v) is 5.16. The number of amides is 1. The molecule has 2 fully saturated rings. The lowest BCUT2D eigenvalue weighted by atomic mass is 10.0. The Morgan fingerprint density at radius 3 is 1.95 bits per heavy atom. The summed E-state index contributed by atoms with van der Waals surface area (Å²) in [4.78, 5) is 38.7. The van der Waals surface area contributed by atoms with E-state index in [2.05, 4.69) is 58.3 Å². The predicted octanol–water partition coefficient (Wildman–Crippen LogP) is 3.42. The molecule has 0 aliphatic carbocycles. The van der Waals surface area contributed by atoms with Crippen molar-refractivity contribution in [2.75, 3.05) is 39.3 Å². The van der Waals surface area contributed by atoms with Crippen molar-refractivity contribution >= 4 is 28.6 Å². The summed E-state index contributed by atoms with van der Waals surface area (Å²) < 4.78 is 0. The van der Waals surface area contributed by atoms with Gasteiger partial charge in [0.2, 0.25) is 0 Å². The maximum atomic E-state index is 13.2. The highest BCUT2D eigenvalue weighted by Gasteiger charge is 2.29. The minimum Gasteiger partial charge on any atom is -0.473 e. The van der Waals surface area contributed by atoms with Crippen LogP contribution in [0.15, 0.2) is 72.8 Å². The highest BCUT2D eigenvalue weighted by molar-refractivity contribution is 6.27. The van der Waals surface area contributed by atoms with E-state index in [1.807, 2.05) is 29.2 Å². The Morgan fingerprint density at radius 1 is 0.703 bits per heavy atom. The van der Waals surface area contributed by atoms with Crippen LogP contribution in [-0.2, 0) is 16.1 Å². The summed E-state index contributed by atoms with van der Waals surface area (Å²) in [7, 11) is 0. The number of hydrogen-bond acceptors (Lipinski definition) is 5. The number of benzene rings is 3. The van der Waals surface area contributed by atoms with Crippen molar-refractivity contribution in [1.29, 1.82) is 0 Å². The van der Waals surface area contributed by atoms with Gasteiger partial charge in [-0.15, -0.1) is 0 Å². The van der Waals surface area contributed by atoms with Gasteiger partial charge in [0, 0.05) is 44.3 Å². The van der Waals surface area contributed by atoms with Gasteiger partial charge in [0.25, 0.3) is 5.91 Å². The summed E-state index contributed by atoms with van der Waals surface area (Å²) >= 11 is 0. The number of carboxylic acid groups (broad SMARTS) is 2. The third kappa shape index (κ3) is 6.93. The summed E-state index contributed by atoms with van der Waals surface area (Å²) in [5.41, 5.74) is 2.24. The molecule has 194 valence electrons. The van der Waals surface area contributed by atoms with Crippen LogP contribution in [0.3, 0.4) is 0 Å². The second kappa shape index (κ2) is 12.5. The Labute approximate surface area is 216 Å². The van der Waals surface area contributed by atoms with Gasteiger partial charge in [-0.3, -0.25) is 14.6 Å².